The lowest BCUT2D eigenvalue weighted by Crippen LogP contribution is -2.56. The number of aliphatic carboxylic acids is 3. The number of carboxylic acid groups (broad SMARTS) is 3. The lowest BCUT2D eigenvalue weighted by molar-refractivity contribution is -0.146. The van der Waals surface area contributed by atoms with Gasteiger partial charge in [0.05, 0.1) is 25.3 Å². The van der Waals surface area contributed by atoms with Crippen molar-refractivity contribution < 1.29 is 34.4 Å². The molecule has 0 amide bonds. The molecule has 0 aromatic carbocycles. The van der Waals surface area contributed by atoms with E-state index in [0.29, 0.717) is 18.5 Å². The van der Waals surface area contributed by atoms with Gasteiger partial charge in [-0.1, -0.05) is 18.9 Å². The van der Waals surface area contributed by atoms with Crippen LogP contribution in [0.3, 0.4) is 0 Å². The maximum atomic E-state index is 11.6. The second kappa shape index (κ2) is 10.8. The molecule has 1 aromatic heterocycles. The minimum absolute atomic E-state index is 0.167. The molecule has 4 atom stereocenters. The first-order valence-electron chi connectivity index (χ1n) is 10.5. The highest BCUT2D eigenvalue weighted by atomic mass is 16.6. The smallest absolute Gasteiger partial charge is 0.317 e. The van der Waals surface area contributed by atoms with Gasteiger partial charge in [0.1, 0.15) is 6.10 Å². The fourth-order valence-electron chi connectivity index (χ4n) is 4.44. The van der Waals surface area contributed by atoms with Gasteiger partial charge in [-0.3, -0.25) is 35.0 Å². The van der Waals surface area contributed by atoms with Crippen molar-refractivity contribution in [3.8, 4) is 0 Å². The molecular formula is C20H29N5O7. The van der Waals surface area contributed by atoms with Gasteiger partial charge < -0.3 is 20.1 Å². The largest absolute Gasteiger partial charge is 0.480 e. The number of nitrogens with zero attached hydrogens (tertiary/aromatic N) is 3. The summed E-state index contributed by atoms with van der Waals surface area (Å²) in [4.78, 5) is 41.9. The lowest BCUT2D eigenvalue weighted by atomic mass is 9.87. The second-order valence-corrected chi connectivity index (χ2v) is 8.14. The quantitative estimate of drug-likeness (QED) is 0.158. The number of hydrazine groups is 1. The highest BCUT2D eigenvalue weighted by Crippen LogP contribution is 2.36. The molecule has 0 bridgehead atoms. The molecule has 0 radical (unpaired) electrons. The molecule has 32 heavy (non-hydrogen) atoms. The van der Waals surface area contributed by atoms with E-state index < -0.39 is 31.0 Å². The molecule has 3 rings (SSSR count). The Balaban J connectivity index is 1.78. The minimum atomic E-state index is -1.12. The Bertz CT molecular complexity index is 805. The maximum absolute atomic E-state index is 11.6. The highest BCUT2D eigenvalue weighted by molar-refractivity contribution is 5.72. The molecule has 176 valence electrons. The van der Waals surface area contributed by atoms with Gasteiger partial charge in [0.2, 0.25) is 0 Å². The van der Waals surface area contributed by atoms with Crippen LogP contribution in [0.4, 0.5) is 0 Å². The molecule has 1 saturated heterocycles. The Morgan fingerprint density at radius 2 is 1.56 bits per heavy atom. The van der Waals surface area contributed by atoms with Crippen LogP contribution < -0.4 is 11.3 Å². The zero-order chi connectivity index (χ0) is 23.3. The summed E-state index contributed by atoms with van der Waals surface area (Å²) in [5.74, 6) is 2.09. The molecule has 1 aliphatic heterocycles. The molecule has 2 aliphatic rings. The standard InChI is InChI=1S/C20H29N5O7/c21-23-20-19(32-20)12-5-6-13(22-7-12)8-24(9-16(26)27)14-3-1-2-4-15(14)25(10-17(28)29)11-18(30)31/h5-7,14-15,19-20,23H,1-4,8-11,21H2,(H,26,27)(H,28,29)(H,30,31)/t14-,15?,19?,20?/m0/s1. The molecule has 0 spiro atoms. The van der Waals surface area contributed by atoms with Crippen molar-refractivity contribution in [3.05, 3.63) is 29.6 Å². The number of rotatable bonds is 12. The molecule has 12 nitrogen and oxygen atoms in total. The number of epoxide rings is 1. The van der Waals surface area contributed by atoms with E-state index in [1.54, 1.807) is 17.2 Å². The van der Waals surface area contributed by atoms with Crippen molar-refractivity contribution in [2.45, 2.75) is 56.6 Å². The summed E-state index contributed by atoms with van der Waals surface area (Å²) in [6.07, 6.45) is 4.16. The first-order chi connectivity index (χ1) is 15.3. The van der Waals surface area contributed by atoms with E-state index in [1.165, 1.54) is 4.90 Å². The van der Waals surface area contributed by atoms with E-state index in [9.17, 15) is 29.7 Å². The summed E-state index contributed by atoms with van der Waals surface area (Å²) in [5.41, 5.74) is 4.04. The van der Waals surface area contributed by atoms with Crippen LogP contribution in [0, 0.1) is 0 Å². The first-order valence-corrected chi connectivity index (χ1v) is 10.5. The third-order valence-electron chi connectivity index (χ3n) is 5.84. The van der Waals surface area contributed by atoms with Gasteiger partial charge >= 0.3 is 17.9 Å². The van der Waals surface area contributed by atoms with Gasteiger partial charge in [-0.05, 0) is 18.9 Å². The monoisotopic (exact) mass is 451 g/mol. The van der Waals surface area contributed by atoms with Crippen LogP contribution in [0.25, 0.3) is 0 Å². The predicted molar refractivity (Wildman–Crippen MR) is 110 cm³/mol. The zero-order valence-electron chi connectivity index (χ0n) is 17.6. The number of nitrogens with one attached hydrogen (secondary N) is 1. The first kappa shape index (κ1) is 24.0. The van der Waals surface area contributed by atoms with Gasteiger partial charge in [-0.15, -0.1) is 0 Å². The Labute approximate surface area is 184 Å². The molecule has 1 aromatic rings. The van der Waals surface area contributed by atoms with E-state index in [0.717, 1.165) is 18.4 Å². The molecule has 6 N–H and O–H groups in total. The van der Waals surface area contributed by atoms with Crippen molar-refractivity contribution in [1.82, 2.24) is 20.2 Å². The normalized spacial score (nSPS) is 25.1. The van der Waals surface area contributed by atoms with Crippen molar-refractivity contribution in [2.24, 2.45) is 5.84 Å². The number of carboxylic acids is 3. The van der Waals surface area contributed by atoms with Gasteiger partial charge in [-0.25, -0.2) is 5.43 Å². The highest BCUT2D eigenvalue weighted by Gasteiger charge is 2.40. The maximum Gasteiger partial charge on any atom is 0.317 e. The third kappa shape index (κ3) is 6.43. The number of pyridine rings is 1. The predicted octanol–water partition coefficient (Wildman–Crippen LogP) is -0.389. The molecule has 12 heteroatoms. The van der Waals surface area contributed by atoms with E-state index in [4.69, 9.17) is 10.6 Å². The molecule has 1 aliphatic carbocycles. The molecule has 2 fully saturated rings. The Kier molecular flexibility index (Phi) is 8.10. The summed E-state index contributed by atoms with van der Waals surface area (Å²) < 4.78 is 5.36. The number of nitrogens with two attached hydrogens (primary N) is 1. The molecule has 1 saturated carbocycles. The zero-order valence-corrected chi connectivity index (χ0v) is 17.6. The van der Waals surface area contributed by atoms with Crippen molar-refractivity contribution in [1.29, 1.82) is 0 Å². The number of hydrogen-bond acceptors (Lipinski definition) is 9. The summed E-state index contributed by atoms with van der Waals surface area (Å²) in [5, 5.41) is 28.0. The van der Waals surface area contributed by atoms with E-state index >= 15 is 0 Å². The van der Waals surface area contributed by atoms with Crippen molar-refractivity contribution in [3.63, 3.8) is 0 Å². The van der Waals surface area contributed by atoms with Crippen LogP contribution in [-0.4, -0.2) is 86.0 Å². The summed E-state index contributed by atoms with van der Waals surface area (Å²) in [6, 6.07) is 2.95. The summed E-state index contributed by atoms with van der Waals surface area (Å²) in [7, 11) is 0. The number of ether oxygens (including phenoxy) is 1. The van der Waals surface area contributed by atoms with Crippen LogP contribution in [-0.2, 0) is 25.7 Å². The summed E-state index contributed by atoms with van der Waals surface area (Å²) >= 11 is 0. The third-order valence-corrected chi connectivity index (χ3v) is 5.84. The van der Waals surface area contributed by atoms with Crippen LogP contribution in [0.5, 0.6) is 0 Å². The van der Waals surface area contributed by atoms with Gasteiger partial charge in [0.15, 0.2) is 6.23 Å². The van der Waals surface area contributed by atoms with Crippen LogP contribution in [0.15, 0.2) is 18.3 Å². The van der Waals surface area contributed by atoms with E-state index in [1.807, 2.05) is 6.07 Å². The molecule has 2 heterocycles. The van der Waals surface area contributed by atoms with Crippen molar-refractivity contribution in [2.75, 3.05) is 19.6 Å². The van der Waals surface area contributed by atoms with Gasteiger partial charge in [0, 0.05) is 30.4 Å². The minimum Gasteiger partial charge on any atom is -0.480 e. The topological polar surface area (TPSA) is 182 Å². The Morgan fingerprint density at radius 1 is 1.00 bits per heavy atom. The van der Waals surface area contributed by atoms with Gasteiger partial charge in [0.25, 0.3) is 0 Å². The fourth-order valence-corrected chi connectivity index (χ4v) is 4.44. The fraction of sp³-hybridized carbons (Fsp3) is 0.600. The van der Waals surface area contributed by atoms with Crippen molar-refractivity contribution >= 4 is 17.9 Å². The second-order valence-electron chi connectivity index (χ2n) is 8.14. The molecular weight excluding hydrogens is 422 g/mol. The SMILES string of the molecule is NNC1OC1c1ccc(CN(CC(=O)O)[C@H]2CCCCC2N(CC(=O)O)CC(=O)O)nc1. The average Bonchev–Trinajstić information content (AvgIpc) is 3.52. The van der Waals surface area contributed by atoms with Crippen LogP contribution in [0.2, 0.25) is 0 Å². The number of carbonyl (C=O) groups is 3. The van der Waals surface area contributed by atoms with Crippen LogP contribution in [0.1, 0.15) is 43.0 Å². The van der Waals surface area contributed by atoms with Gasteiger partial charge in [-0.2, -0.15) is 0 Å². The summed E-state index contributed by atoms with van der Waals surface area (Å²) in [6.45, 7) is -0.854. The van der Waals surface area contributed by atoms with E-state index in [2.05, 4.69) is 10.4 Å². The number of aromatic nitrogens is 1. The van der Waals surface area contributed by atoms with E-state index in [-0.39, 0.29) is 37.5 Å². The number of hydrogen-bond donors (Lipinski definition) is 5. The van der Waals surface area contributed by atoms with Crippen LogP contribution >= 0.6 is 0 Å². The lowest BCUT2D eigenvalue weighted by Gasteiger charge is -2.43. The molecule has 3 unspecified atom stereocenters. The Hall–Kier alpha value is -2.64. The Morgan fingerprint density at radius 3 is 2.03 bits per heavy atom. The average molecular weight is 451 g/mol.